The van der Waals surface area contributed by atoms with Crippen molar-refractivity contribution < 1.29 is 22.0 Å². The van der Waals surface area contributed by atoms with Crippen molar-refractivity contribution >= 4 is 38.3 Å². The van der Waals surface area contributed by atoms with Crippen molar-refractivity contribution in [2.24, 2.45) is 5.41 Å². The smallest absolute Gasteiger partial charge is 0.258 e. The maximum atomic E-state index is 13.6. The molecule has 1 aromatic carbocycles. The van der Waals surface area contributed by atoms with Crippen molar-refractivity contribution in [2.75, 3.05) is 36.4 Å². The summed E-state index contributed by atoms with van der Waals surface area (Å²) in [7, 11) is -3.51. The van der Waals surface area contributed by atoms with Gasteiger partial charge in [0.1, 0.15) is 5.82 Å². The van der Waals surface area contributed by atoms with Crippen LogP contribution in [0.2, 0.25) is 0 Å². The number of amides is 1. The highest BCUT2D eigenvalue weighted by Gasteiger charge is 2.47. The number of alkyl halides is 2. The number of carbonyl (C=O) groups excluding carboxylic acids is 1. The molecule has 0 atom stereocenters. The Kier molecular flexibility index (Phi) is 5.55. The SMILES string of the molecule is O=C(Nc1ccc2cnn(C3CC(F)(F)C3)c2n1)c1ccc(S(=O)(=O)C2CNC2)cc1N1CCC2(CC1)CC2. The number of benzene rings is 1. The highest BCUT2D eigenvalue weighted by atomic mass is 32.2. The molecule has 2 saturated heterocycles. The molecule has 1 amide bonds. The summed E-state index contributed by atoms with van der Waals surface area (Å²) in [5.41, 5.74) is 1.85. The number of fused-ring (bicyclic) bond motifs is 1. The fourth-order valence-corrected chi connectivity index (χ4v) is 7.55. The molecule has 3 aromatic rings. The summed E-state index contributed by atoms with van der Waals surface area (Å²) in [6.45, 7) is 2.39. The number of hydrogen-bond acceptors (Lipinski definition) is 7. The lowest BCUT2D eigenvalue weighted by atomic mass is 9.88. The molecule has 4 heterocycles. The average Bonchev–Trinajstić information content (AvgIpc) is 3.47. The molecule has 0 radical (unpaired) electrons. The second kappa shape index (κ2) is 8.69. The van der Waals surface area contributed by atoms with E-state index in [0.717, 1.165) is 25.9 Å². The molecule has 0 bridgehead atoms. The van der Waals surface area contributed by atoms with Gasteiger partial charge in [-0.3, -0.25) is 4.79 Å². The van der Waals surface area contributed by atoms with Gasteiger partial charge in [0.25, 0.3) is 11.8 Å². The van der Waals surface area contributed by atoms with Crippen molar-refractivity contribution in [2.45, 2.75) is 60.6 Å². The lowest BCUT2D eigenvalue weighted by molar-refractivity contribution is -0.106. The van der Waals surface area contributed by atoms with Gasteiger partial charge in [0.2, 0.25) is 0 Å². The molecule has 206 valence electrons. The normalized spacial score (nSPS) is 22.5. The molecule has 0 unspecified atom stereocenters. The Hall–Kier alpha value is -3.12. The minimum absolute atomic E-state index is 0.230. The van der Waals surface area contributed by atoms with Crippen LogP contribution in [0.15, 0.2) is 41.4 Å². The van der Waals surface area contributed by atoms with E-state index in [-0.39, 0.29) is 23.6 Å². The fourth-order valence-electron chi connectivity index (χ4n) is 5.96. The van der Waals surface area contributed by atoms with Gasteiger partial charge in [-0.25, -0.2) is 26.9 Å². The van der Waals surface area contributed by atoms with E-state index in [2.05, 4.69) is 25.6 Å². The molecule has 12 heteroatoms. The minimum atomic E-state index is -3.51. The topological polar surface area (TPSA) is 109 Å². The molecular formula is C27H30F2N6O3S. The van der Waals surface area contributed by atoms with E-state index < -0.39 is 33.0 Å². The summed E-state index contributed by atoms with van der Waals surface area (Å²) in [6.07, 6.45) is 5.55. The van der Waals surface area contributed by atoms with Gasteiger partial charge < -0.3 is 15.5 Å². The van der Waals surface area contributed by atoms with Gasteiger partial charge in [0, 0.05) is 44.4 Å². The van der Waals surface area contributed by atoms with Crippen LogP contribution in [-0.2, 0) is 9.84 Å². The van der Waals surface area contributed by atoms with E-state index in [1.807, 2.05) is 0 Å². The number of sulfone groups is 1. The lowest BCUT2D eigenvalue weighted by Gasteiger charge is -2.35. The Morgan fingerprint density at radius 3 is 2.44 bits per heavy atom. The Morgan fingerprint density at radius 1 is 1.05 bits per heavy atom. The Morgan fingerprint density at radius 2 is 1.79 bits per heavy atom. The van der Waals surface area contributed by atoms with Crippen LogP contribution in [0.5, 0.6) is 0 Å². The monoisotopic (exact) mass is 556 g/mol. The van der Waals surface area contributed by atoms with E-state index in [0.29, 0.717) is 40.8 Å². The summed E-state index contributed by atoms with van der Waals surface area (Å²) < 4.78 is 54.8. The first-order chi connectivity index (χ1) is 18.6. The van der Waals surface area contributed by atoms with Crippen LogP contribution in [0.4, 0.5) is 20.3 Å². The molecule has 2 N–H and O–H groups in total. The Balaban J connectivity index is 1.18. The third kappa shape index (κ3) is 4.37. The van der Waals surface area contributed by atoms with Gasteiger partial charge in [-0.1, -0.05) is 0 Å². The van der Waals surface area contributed by atoms with Crippen molar-refractivity contribution in [1.82, 2.24) is 20.1 Å². The minimum Gasteiger partial charge on any atom is -0.371 e. The van der Waals surface area contributed by atoms with Crippen LogP contribution >= 0.6 is 0 Å². The molecule has 2 aromatic heterocycles. The van der Waals surface area contributed by atoms with E-state index in [4.69, 9.17) is 0 Å². The number of piperidine rings is 1. The standard InChI is InChI=1S/C27H30F2N6O3S/c28-27(29)12-18(13-27)35-24-17(14-31-35)1-4-23(32-24)33-25(36)21-3-2-19(39(37,38)20-15-30-16-20)11-22(21)34-9-7-26(5-6-26)8-10-34/h1-4,11,14,18,20,30H,5-10,12-13,15-16H2,(H,32,33,36). The number of nitrogens with one attached hydrogen (secondary N) is 2. The average molecular weight is 557 g/mol. The van der Waals surface area contributed by atoms with Crippen LogP contribution in [0, 0.1) is 5.41 Å². The number of rotatable bonds is 6. The molecule has 2 saturated carbocycles. The highest BCUT2D eigenvalue weighted by molar-refractivity contribution is 7.92. The van der Waals surface area contributed by atoms with Gasteiger partial charge >= 0.3 is 0 Å². The second-order valence-corrected chi connectivity index (χ2v) is 13.8. The number of aromatic nitrogens is 3. The largest absolute Gasteiger partial charge is 0.371 e. The molecule has 2 aliphatic heterocycles. The number of carbonyl (C=O) groups is 1. The molecule has 9 nitrogen and oxygen atoms in total. The number of halogens is 2. The van der Waals surface area contributed by atoms with Crippen molar-refractivity contribution in [3.8, 4) is 0 Å². The summed E-state index contributed by atoms with van der Waals surface area (Å²) in [5.74, 6) is -2.81. The number of anilines is 2. The van der Waals surface area contributed by atoms with Gasteiger partial charge in [0.15, 0.2) is 15.5 Å². The molecule has 39 heavy (non-hydrogen) atoms. The third-order valence-electron chi connectivity index (χ3n) is 8.95. The van der Waals surface area contributed by atoms with Gasteiger partial charge in [-0.2, -0.15) is 5.10 Å². The number of pyridine rings is 1. The van der Waals surface area contributed by atoms with Crippen molar-refractivity contribution in [1.29, 1.82) is 0 Å². The predicted molar refractivity (Wildman–Crippen MR) is 142 cm³/mol. The summed E-state index contributed by atoms with van der Waals surface area (Å²) in [4.78, 5) is 20.4. The number of hydrogen-bond donors (Lipinski definition) is 2. The van der Waals surface area contributed by atoms with Crippen molar-refractivity contribution in [3.63, 3.8) is 0 Å². The predicted octanol–water partition coefficient (Wildman–Crippen LogP) is 3.78. The van der Waals surface area contributed by atoms with Gasteiger partial charge in [-0.05, 0) is 61.4 Å². The Labute approximate surface area is 224 Å². The van der Waals surface area contributed by atoms with Crippen LogP contribution < -0.4 is 15.5 Å². The highest BCUT2D eigenvalue weighted by Crippen LogP contribution is 2.54. The first kappa shape index (κ1) is 24.9. The molecule has 1 spiro atoms. The maximum absolute atomic E-state index is 13.6. The summed E-state index contributed by atoms with van der Waals surface area (Å²) in [5, 5.41) is 10.4. The van der Waals surface area contributed by atoms with Crippen LogP contribution in [0.1, 0.15) is 54.9 Å². The quantitative estimate of drug-likeness (QED) is 0.476. The van der Waals surface area contributed by atoms with Crippen LogP contribution in [0.3, 0.4) is 0 Å². The zero-order valence-electron chi connectivity index (χ0n) is 21.4. The lowest BCUT2D eigenvalue weighted by Crippen LogP contribution is -2.51. The van der Waals surface area contributed by atoms with Gasteiger partial charge in [0.05, 0.1) is 33.6 Å². The third-order valence-corrected chi connectivity index (χ3v) is 11.1. The fraction of sp³-hybridized carbons (Fsp3) is 0.519. The summed E-state index contributed by atoms with van der Waals surface area (Å²) >= 11 is 0. The van der Waals surface area contributed by atoms with Gasteiger partial charge in [-0.15, -0.1) is 0 Å². The maximum Gasteiger partial charge on any atom is 0.258 e. The molecule has 4 aliphatic rings. The van der Waals surface area contributed by atoms with Crippen LogP contribution in [0.25, 0.3) is 11.0 Å². The van der Waals surface area contributed by atoms with E-state index in [1.54, 1.807) is 30.5 Å². The Bertz CT molecular complexity index is 1560. The molecule has 7 rings (SSSR count). The van der Waals surface area contributed by atoms with E-state index in [9.17, 15) is 22.0 Å². The van der Waals surface area contributed by atoms with E-state index >= 15 is 0 Å². The molecule has 2 aliphatic carbocycles. The van der Waals surface area contributed by atoms with Crippen LogP contribution in [-0.4, -0.2) is 66.4 Å². The molecular weight excluding hydrogens is 526 g/mol. The first-order valence-corrected chi connectivity index (χ1v) is 15.0. The zero-order valence-corrected chi connectivity index (χ0v) is 22.2. The van der Waals surface area contributed by atoms with Crippen molar-refractivity contribution in [3.05, 3.63) is 42.1 Å². The summed E-state index contributed by atoms with van der Waals surface area (Å²) in [6, 6.07) is 7.72. The number of nitrogens with zero attached hydrogens (tertiary/aromatic N) is 4. The first-order valence-electron chi connectivity index (χ1n) is 13.5. The molecule has 4 fully saturated rings. The zero-order chi connectivity index (χ0) is 27.0. The second-order valence-electron chi connectivity index (χ2n) is 11.6. The van der Waals surface area contributed by atoms with E-state index in [1.165, 1.54) is 23.6 Å².